The molecule has 0 aromatic carbocycles. The third-order valence-corrected chi connectivity index (χ3v) is 1.59. The first-order valence-electron chi connectivity index (χ1n) is 3.66. The summed E-state index contributed by atoms with van der Waals surface area (Å²) < 4.78 is 4.71. The SMILES string of the molecule is CCC/C=C1/CC1OC=O. The zero-order valence-corrected chi connectivity index (χ0v) is 6.17. The van der Waals surface area contributed by atoms with Crippen molar-refractivity contribution < 1.29 is 9.53 Å². The highest BCUT2D eigenvalue weighted by molar-refractivity contribution is 5.42. The summed E-state index contributed by atoms with van der Waals surface area (Å²) >= 11 is 0. The van der Waals surface area contributed by atoms with E-state index in [9.17, 15) is 4.79 Å². The molecule has 0 spiro atoms. The molecule has 1 fully saturated rings. The van der Waals surface area contributed by atoms with Gasteiger partial charge in [-0.05, 0) is 12.0 Å². The fourth-order valence-electron chi connectivity index (χ4n) is 0.902. The number of rotatable bonds is 4. The van der Waals surface area contributed by atoms with Gasteiger partial charge >= 0.3 is 0 Å². The Morgan fingerprint density at radius 1 is 1.80 bits per heavy atom. The topological polar surface area (TPSA) is 26.3 Å². The van der Waals surface area contributed by atoms with Crippen LogP contribution in [0.3, 0.4) is 0 Å². The monoisotopic (exact) mass is 140 g/mol. The Balaban J connectivity index is 2.17. The second-order valence-electron chi connectivity index (χ2n) is 2.49. The molecule has 1 aliphatic carbocycles. The van der Waals surface area contributed by atoms with Gasteiger partial charge in [0.05, 0.1) is 0 Å². The van der Waals surface area contributed by atoms with E-state index in [4.69, 9.17) is 4.74 Å². The molecule has 0 amide bonds. The van der Waals surface area contributed by atoms with Gasteiger partial charge in [0.15, 0.2) is 0 Å². The first-order valence-corrected chi connectivity index (χ1v) is 3.66. The van der Waals surface area contributed by atoms with Crippen LogP contribution in [0.4, 0.5) is 0 Å². The predicted molar refractivity (Wildman–Crippen MR) is 38.5 cm³/mol. The lowest BCUT2D eigenvalue weighted by atomic mass is 10.3. The van der Waals surface area contributed by atoms with E-state index < -0.39 is 0 Å². The minimum Gasteiger partial charge on any atom is -0.460 e. The average molecular weight is 140 g/mol. The van der Waals surface area contributed by atoms with E-state index in [0.29, 0.717) is 6.47 Å². The maximum atomic E-state index is 9.83. The Labute approximate surface area is 60.9 Å². The molecule has 56 valence electrons. The molecule has 0 saturated heterocycles. The second kappa shape index (κ2) is 3.40. The molecule has 1 unspecified atom stereocenters. The van der Waals surface area contributed by atoms with E-state index in [1.165, 1.54) is 5.57 Å². The summed E-state index contributed by atoms with van der Waals surface area (Å²) in [6, 6.07) is 0. The van der Waals surface area contributed by atoms with Gasteiger partial charge in [-0.25, -0.2) is 0 Å². The van der Waals surface area contributed by atoms with Gasteiger partial charge in [-0.3, -0.25) is 4.79 Å². The molecule has 0 aromatic rings. The lowest BCUT2D eigenvalue weighted by Gasteiger charge is -1.87. The predicted octanol–water partition coefficient (Wildman–Crippen LogP) is 1.66. The molecule has 2 nitrogen and oxygen atoms in total. The maximum Gasteiger partial charge on any atom is 0.293 e. The van der Waals surface area contributed by atoms with E-state index in [-0.39, 0.29) is 6.10 Å². The molecule has 0 heterocycles. The lowest BCUT2D eigenvalue weighted by molar-refractivity contribution is -0.129. The minimum atomic E-state index is 0.129. The van der Waals surface area contributed by atoms with Crippen molar-refractivity contribution in [1.29, 1.82) is 0 Å². The van der Waals surface area contributed by atoms with E-state index in [2.05, 4.69) is 13.0 Å². The Hall–Kier alpha value is -0.790. The first kappa shape index (κ1) is 7.32. The van der Waals surface area contributed by atoms with Crippen molar-refractivity contribution in [2.24, 2.45) is 0 Å². The van der Waals surface area contributed by atoms with Gasteiger partial charge in [0.2, 0.25) is 0 Å². The van der Waals surface area contributed by atoms with Crippen LogP contribution in [0.5, 0.6) is 0 Å². The van der Waals surface area contributed by atoms with Crippen LogP contribution in [0.25, 0.3) is 0 Å². The summed E-state index contributed by atoms with van der Waals surface area (Å²) in [5.74, 6) is 0. The van der Waals surface area contributed by atoms with Gasteiger partial charge in [0.25, 0.3) is 6.47 Å². The largest absolute Gasteiger partial charge is 0.460 e. The highest BCUT2D eigenvalue weighted by Gasteiger charge is 2.30. The van der Waals surface area contributed by atoms with Crippen LogP contribution < -0.4 is 0 Å². The summed E-state index contributed by atoms with van der Waals surface area (Å²) in [4.78, 5) is 9.83. The number of hydrogen-bond donors (Lipinski definition) is 0. The molecule has 0 aromatic heterocycles. The minimum absolute atomic E-state index is 0.129. The summed E-state index contributed by atoms with van der Waals surface area (Å²) in [6.07, 6.45) is 5.52. The van der Waals surface area contributed by atoms with E-state index >= 15 is 0 Å². The molecule has 0 N–H and O–H groups in total. The van der Waals surface area contributed by atoms with Crippen molar-refractivity contribution in [3.63, 3.8) is 0 Å². The number of carbonyl (C=O) groups excluding carboxylic acids is 1. The van der Waals surface area contributed by atoms with Crippen molar-refractivity contribution in [3.8, 4) is 0 Å². The van der Waals surface area contributed by atoms with Crippen LogP contribution in [0, 0.1) is 0 Å². The van der Waals surface area contributed by atoms with Crippen molar-refractivity contribution >= 4 is 6.47 Å². The molecule has 0 bridgehead atoms. The van der Waals surface area contributed by atoms with Crippen LogP contribution in [0.15, 0.2) is 11.6 Å². The normalized spacial score (nSPS) is 26.5. The molecular weight excluding hydrogens is 128 g/mol. The van der Waals surface area contributed by atoms with Crippen LogP contribution in [0.2, 0.25) is 0 Å². The lowest BCUT2D eigenvalue weighted by Crippen LogP contribution is -1.88. The smallest absolute Gasteiger partial charge is 0.293 e. The molecule has 0 radical (unpaired) electrons. The highest BCUT2D eigenvalue weighted by Crippen LogP contribution is 2.32. The third kappa shape index (κ3) is 1.87. The van der Waals surface area contributed by atoms with E-state index in [0.717, 1.165) is 19.3 Å². The molecule has 0 aliphatic heterocycles. The molecule has 1 saturated carbocycles. The van der Waals surface area contributed by atoms with Gasteiger partial charge in [-0.2, -0.15) is 0 Å². The van der Waals surface area contributed by atoms with Gasteiger partial charge in [-0.1, -0.05) is 19.4 Å². The summed E-state index contributed by atoms with van der Waals surface area (Å²) in [5, 5.41) is 0. The van der Waals surface area contributed by atoms with Crippen molar-refractivity contribution in [1.82, 2.24) is 0 Å². The number of hydrogen-bond acceptors (Lipinski definition) is 2. The molecule has 1 atom stereocenters. The molecule has 2 heteroatoms. The van der Waals surface area contributed by atoms with Crippen molar-refractivity contribution in [2.45, 2.75) is 32.3 Å². The number of ether oxygens (including phenoxy) is 1. The standard InChI is InChI=1S/C8H12O2/c1-2-3-4-7-5-8(7)10-6-9/h4,6,8H,2-3,5H2,1H3/b7-4-. The maximum absolute atomic E-state index is 9.83. The van der Waals surface area contributed by atoms with Crippen LogP contribution in [-0.2, 0) is 9.53 Å². The number of allylic oxidation sites excluding steroid dienone is 1. The van der Waals surface area contributed by atoms with Gasteiger partial charge in [0.1, 0.15) is 6.10 Å². The fourth-order valence-corrected chi connectivity index (χ4v) is 0.902. The highest BCUT2D eigenvalue weighted by atomic mass is 16.5. The van der Waals surface area contributed by atoms with Gasteiger partial charge in [-0.15, -0.1) is 0 Å². The van der Waals surface area contributed by atoms with Crippen LogP contribution >= 0.6 is 0 Å². The molecular formula is C8H12O2. The van der Waals surface area contributed by atoms with E-state index in [1.54, 1.807) is 0 Å². The molecule has 10 heavy (non-hydrogen) atoms. The quantitative estimate of drug-likeness (QED) is 0.438. The number of carbonyl (C=O) groups is 1. The Bertz CT molecular complexity index is 149. The van der Waals surface area contributed by atoms with Gasteiger partial charge < -0.3 is 4.74 Å². The molecule has 1 aliphatic rings. The third-order valence-electron chi connectivity index (χ3n) is 1.59. The second-order valence-corrected chi connectivity index (χ2v) is 2.49. The van der Waals surface area contributed by atoms with Crippen molar-refractivity contribution in [3.05, 3.63) is 11.6 Å². The Morgan fingerprint density at radius 3 is 3.20 bits per heavy atom. The summed E-state index contributed by atoms with van der Waals surface area (Å²) in [6.45, 7) is 2.66. The van der Waals surface area contributed by atoms with Crippen molar-refractivity contribution in [2.75, 3.05) is 0 Å². The Kier molecular flexibility index (Phi) is 2.49. The number of unbranched alkanes of at least 4 members (excludes halogenated alkanes) is 1. The Morgan fingerprint density at radius 2 is 2.60 bits per heavy atom. The average Bonchev–Trinajstić information content (AvgIpc) is 2.65. The van der Waals surface area contributed by atoms with Crippen LogP contribution in [-0.4, -0.2) is 12.6 Å². The fraction of sp³-hybridized carbons (Fsp3) is 0.625. The molecule has 1 rings (SSSR count). The zero-order chi connectivity index (χ0) is 7.40. The summed E-state index contributed by atoms with van der Waals surface area (Å²) in [5.41, 5.74) is 1.29. The summed E-state index contributed by atoms with van der Waals surface area (Å²) in [7, 11) is 0. The van der Waals surface area contributed by atoms with E-state index in [1.807, 2.05) is 0 Å². The zero-order valence-electron chi connectivity index (χ0n) is 6.17. The first-order chi connectivity index (χ1) is 4.88. The van der Waals surface area contributed by atoms with Gasteiger partial charge in [0, 0.05) is 6.42 Å². The van der Waals surface area contributed by atoms with Crippen LogP contribution in [0.1, 0.15) is 26.2 Å².